The van der Waals surface area contributed by atoms with E-state index in [0.29, 0.717) is 16.6 Å². The summed E-state index contributed by atoms with van der Waals surface area (Å²) in [5, 5.41) is 18.5. The maximum absolute atomic E-state index is 11.2. The van der Waals surface area contributed by atoms with Crippen LogP contribution in [0, 0.1) is 6.92 Å². The minimum absolute atomic E-state index is 0.0885. The lowest BCUT2D eigenvalue weighted by atomic mass is 10.1. The third kappa shape index (κ3) is 1.56. The van der Waals surface area contributed by atoms with Gasteiger partial charge in [0.2, 0.25) is 0 Å². The second kappa shape index (κ2) is 3.62. The molecule has 0 aliphatic carbocycles. The van der Waals surface area contributed by atoms with Crippen LogP contribution in [0.1, 0.15) is 26.4 Å². The van der Waals surface area contributed by atoms with E-state index in [4.69, 9.17) is 10.2 Å². The molecule has 0 aliphatic heterocycles. The van der Waals surface area contributed by atoms with E-state index in [1.807, 2.05) is 0 Å². The molecule has 0 saturated carbocycles. The minimum atomic E-state index is -1.07. The van der Waals surface area contributed by atoms with Crippen LogP contribution in [0.15, 0.2) is 18.2 Å². The Labute approximate surface area is 96.9 Å². The first-order valence-electron chi connectivity index (χ1n) is 4.99. The Morgan fingerprint density at radius 1 is 1.18 bits per heavy atom. The molecule has 0 aliphatic rings. The van der Waals surface area contributed by atoms with E-state index in [1.165, 1.54) is 12.1 Å². The monoisotopic (exact) mass is 233 g/mol. The Bertz CT molecular complexity index is 639. The van der Waals surface area contributed by atoms with Gasteiger partial charge in [-0.25, -0.2) is 9.59 Å². The average molecular weight is 233 g/mol. The van der Waals surface area contributed by atoms with Gasteiger partial charge in [-0.3, -0.25) is 0 Å². The third-order valence-corrected chi connectivity index (χ3v) is 2.95. The number of aromatic nitrogens is 1. The van der Waals surface area contributed by atoms with Crippen LogP contribution in [-0.4, -0.2) is 26.7 Å². The normalized spacial score (nSPS) is 10.7. The highest BCUT2D eigenvalue weighted by atomic mass is 16.4. The van der Waals surface area contributed by atoms with Gasteiger partial charge >= 0.3 is 11.9 Å². The van der Waals surface area contributed by atoms with E-state index in [2.05, 4.69) is 0 Å². The fraction of sp³-hybridized carbons (Fsp3) is 0.167. The number of hydrogen-bond donors (Lipinski definition) is 2. The minimum Gasteiger partial charge on any atom is -0.478 e. The van der Waals surface area contributed by atoms with Crippen LogP contribution in [0.3, 0.4) is 0 Å². The molecule has 1 heterocycles. The number of rotatable bonds is 2. The number of hydrogen-bond acceptors (Lipinski definition) is 2. The number of nitrogens with zero attached hydrogens (tertiary/aromatic N) is 1. The van der Waals surface area contributed by atoms with Crippen LogP contribution in [0.4, 0.5) is 0 Å². The number of carbonyl (C=O) groups is 2. The van der Waals surface area contributed by atoms with E-state index in [1.54, 1.807) is 24.6 Å². The molecule has 17 heavy (non-hydrogen) atoms. The molecule has 1 aromatic heterocycles. The molecule has 0 amide bonds. The summed E-state index contributed by atoms with van der Waals surface area (Å²) in [5.74, 6) is -2.11. The molecule has 2 rings (SSSR count). The Morgan fingerprint density at radius 3 is 2.35 bits per heavy atom. The quantitative estimate of drug-likeness (QED) is 0.830. The molecule has 5 nitrogen and oxygen atoms in total. The molecular formula is C12H11NO4. The van der Waals surface area contributed by atoms with Gasteiger partial charge in [0, 0.05) is 23.6 Å². The van der Waals surface area contributed by atoms with Gasteiger partial charge in [0.1, 0.15) is 0 Å². The van der Waals surface area contributed by atoms with E-state index < -0.39 is 11.9 Å². The maximum atomic E-state index is 11.2. The predicted molar refractivity (Wildman–Crippen MR) is 61.6 cm³/mol. The molecule has 88 valence electrons. The summed E-state index contributed by atoms with van der Waals surface area (Å²) in [6.45, 7) is 1.70. The summed E-state index contributed by atoms with van der Waals surface area (Å²) in [6.07, 6.45) is 0. The van der Waals surface area contributed by atoms with E-state index in [0.717, 1.165) is 0 Å². The van der Waals surface area contributed by atoms with Gasteiger partial charge in [-0.2, -0.15) is 0 Å². The summed E-state index contributed by atoms with van der Waals surface area (Å²) in [5.41, 5.74) is 1.57. The van der Waals surface area contributed by atoms with E-state index >= 15 is 0 Å². The summed E-state index contributed by atoms with van der Waals surface area (Å²) in [6, 6.07) is 4.49. The number of fused-ring (bicyclic) bond motifs is 1. The van der Waals surface area contributed by atoms with Gasteiger partial charge in [-0.1, -0.05) is 0 Å². The van der Waals surface area contributed by atoms with Gasteiger partial charge in [0.05, 0.1) is 11.1 Å². The van der Waals surface area contributed by atoms with Crippen LogP contribution in [0.25, 0.3) is 10.9 Å². The van der Waals surface area contributed by atoms with Crippen molar-refractivity contribution in [3.63, 3.8) is 0 Å². The highest BCUT2D eigenvalue weighted by Crippen LogP contribution is 2.26. The van der Waals surface area contributed by atoms with Crippen molar-refractivity contribution < 1.29 is 19.8 Å². The molecule has 0 fully saturated rings. The number of aryl methyl sites for hydroxylation is 1. The van der Waals surface area contributed by atoms with Crippen LogP contribution in [0.5, 0.6) is 0 Å². The van der Waals surface area contributed by atoms with Crippen molar-refractivity contribution in [2.24, 2.45) is 7.05 Å². The SMILES string of the molecule is Cc1c(C(=O)O)c2cc(C(=O)O)ccc2n1C. The zero-order valence-corrected chi connectivity index (χ0v) is 9.39. The van der Waals surface area contributed by atoms with Crippen molar-refractivity contribution in [3.05, 3.63) is 35.0 Å². The second-order valence-electron chi connectivity index (χ2n) is 3.86. The van der Waals surface area contributed by atoms with E-state index in [9.17, 15) is 9.59 Å². The molecule has 1 aromatic carbocycles. The molecule has 0 radical (unpaired) electrons. The molecule has 5 heteroatoms. The Kier molecular flexibility index (Phi) is 2.38. The zero-order valence-electron chi connectivity index (χ0n) is 9.39. The smallest absolute Gasteiger partial charge is 0.338 e. The standard InChI is InChI=1S/C12H11NO4/c1-6-10(12(16)17)8-5-7(11(14)15)3-4-9(8)13(6)2/h3-5H,1-2H3,(H,14,15)(H,16,17). The van der Waals surface area contributed by atoms with E-state index in [-0.39, 0.29) is 11.1 Å². The second-order valence-corrected chi connectivity index (χ2v) is 3.86. The van der Waals surface area contributed by atoms with Crippen LogP contribution in [0.2, 0.25) is 0 Å². The number of benzene rings is 1. The lowest BCUT2D eigenvalue weighted by Crippen LogP contribution is -2.00. The average Bonchev–Trinajstić information content (AvgIpc) is 2.51. The third-order valence-electron chi connectivity index (χ3n) is 2.95. The summed E-state index contributed by atoms with van der Waals surface area (Å²) in [4.78, 5) is 22.0. The molecule has 0 atom stereocenters. The van der Waals surface area contributed by atoms with Gasteiger partial charge in [-0.05, 0) is 25.1 Å². The number of carboxylic acid groups (broad SMARTS) is 2. The molecular weight excluding hydrogens is 222 g/mol. The van der Waals surface area contributed by atoms with Crippen molar-refractivity contribution in [1.29, 1.82) is 0 Å². The zero-order chi connectivity index (χ0) is 12.7. The van der Waals surface area contributed by atoms with Gasteiger partial charge in [-0.15, -0.1) is 0 Å². The molecule has 0 saturated heterocycles. The van der Waals surface area contributed by atoms with Crippen molar-refractivity contribution in [2.75, 3.05) is 0 Å². The maximum Gasteiger partial charge on any atom is 0.338 e. The van der Waals surface area contributed by atoms with Crippen LogP contribution in [-0.2, 0) is 7.05 Å². The van der Waals surface area contributed by atoms with Gasteiger partial charge < -0.3 is 14.8 Å². The highest BCUT2D eigenvalue weighted by molar-refractivity contribution is 6.07. The predicted octanol–water partition coefficient (Wildman–Crippen LogP) is 1.88. The van der Waals surface area contributed by atoms with Crippen LogP contribution < -0.4 is 0 Å². The number of carboxylic acids is 2. The fourth-order valence-electron chi connectivity index (χ4n) is 1.98. The summed E-state index contributed by atoms with van der Waals surface area (Å²) in [7, 11) is 1.75. The van der Waals surface area contributed by atoms with Crippen LogP contribution >= 0.6 is 0 Å². The number of aromatic carboxylic acids is 2. The van der Waals surface area contributed by atoms with Gasteiger partial charge in [0.25, 0.3) is 0 Å². The molecule has 0 bridgehead atoms. The largest absolute Gasteiger partial charge is 0.478 e. The van der Waals surface area contributed by atoms with Crippen molar-refractivity contribution in [3.8, 4) is 0 Å². The summed E-state index contributed by atoms with van der Waals surface area (Å²) < 4.78 is 1.74. The molecule has 0 spiro atoms. The first-order chi connectivity index (χ1) is 7.93. The molecule has 0 unspecified atom stereocenters. The topological polar surface area (TPSA) is 79.5 Å². The Hall–Kier alpha value is -2.30. The lowest BCUT2D eigenvalue weighted by molar-refractivity contribution is 0.0684. The van der Waals surface area contributed by atoms with Crippen molar-refractivity contribution in [2.45, 2.75) is 6.92 Å². The fourth-order valence-corrected chi connectivity index (χ4v) is 1.98. The molecule has 2 aromatic rings. The first-order valence-corrected chi connectivity index (χ1v) is 4.99. The van der Waals surface area contributed by atoms with Crippen molar-refractivity contribution >= 4 is 22.8 Å². The van der Waals surface area contributed by atoms with Gasteiger partial charge in [0.15, 0.2) is 0 Å². The Morgan fingerprint density at radius 2 is 1.82 bits per heavy atom. The van der Waals surface area contributed by atoms with Crippen molar-refractivity contribution in [1.82, 2.24) is 4.57 Å². The Balaban J connectivity index is 2.88. The highest BCUT2D eigenvalue weighted by Gasteiger charge is 2.18. The summed E-state index contributed by atoms with van der Waals surface area (Å²) >= 11 is 0. The lowest BCUT2D eigenvalue weighted by Gasteiger charge is -1.98. The first kappa shape index (κ1) is 11.2. The molecule has 2 N–H and O–H groups in total.